The maximum absolute atomic E-state index is 13.7. The van der Waals surface area contributed by atoms with E-state index in [-0.39, 0.29) is 6.42 Å². The Kier molecular flexibility index (Phi) is 6.50. The van der Waals surface area contributed by atoms with E-state index >= 15 is 0 Å². The molecule has 0 nitrogen and oxygen atoms in total. The van der Waals surface area contributed by atoms with E-state index in [0.29, 0.717) is 12.8 Å². The van der Waals surface area contributed by atoms with Crippen molar-refractivity contribution in [2.24, 2.45) is 0 Å². The van der Waals surface area contributed by atoms with Gasteiger partial charge >= 0.3 is 18.3 Å². The van der Waals surface area contributed by atoms with Crippen molar-refractivity contribution in [1.29, 1.82) is 0 Å². The Labute approximate surface area is 123 Å². The van der Waals surface area contributed by atoms with Crippen molar-refractivity contribution in [2.45, 2.75) is 60.5 Å². The Hall–Kier alpha value is 0.1000. The van der Waals surface area contributed by atoms with Gasteiger partial charge in [-0.1, -0.05) is 42.4 Å². The molecule has 20 heavy (non-hydrogen) atoms. The second-order valence-corrected chi connectivity index (χ2v) is 6.08. The number of halogens is 10. The smallest absolute Gasteiger partial charge is 0.227 e. The molecule has 0 aromatic rings. The minimum Gasteiger partial charge on any atom is -0.227 e. The van der Waals surface area contributed by atoms with Gasteiger partial charge in [-0.2, -0.15) is 35.1 Å². The van der Waals surface area contributed by atoms with Gasteiger partial charge in [0.15, 0.2) is 0 Å². The normalized spacial score (nSPS) is 18.8. The van der Waals surface area contributed by atoms with Crippen LogP contribution in [0, 0.1) is 0 Å². The Morgan fingerprint density at radius 2 is 1.30 bits per heavy atom. The van der Waals surface area contributed by atoms with Crippen LogP contribution in [0.25, 0.3) is 0 Å². The highest BCUT2D eigenvalue weighted by atomic mass is 127. The first kappa shape index (κ1) is 20.1. The Morgan fingerprint density at radius 3 is 1.60 bits per heavy atom. The van der Waals surface area contributed by atoms with E-state index in [1.54, 1.807) is 6.92 Å². The highest BCUT2D eigenvalue weighted by Crippen LogP contribution is 2.55. The number of hydrogen-bond donors (Lipinski definition) is 0. The fourth-order valence-corrected chi connectivity index (χ4v) is 2.53. The maximum Gasteiger partial charge on any atom is 0.457 e. The van der Waals surface area contributed by atoms with Gasteiger partial charge in [-0.3, -0.25) is 0 Å². The number of unbranched alkanes of at least 4 members (excludes halogenated alkanes) is 1. The van der Waals surface area contributed by atoms with Gasteiger partial charge < -0.3 is 0 Å². The Bertz CT molecular complexity index is 309. The molecule has 0 bridgehead atoms. The van der Waals surface area contributed by atoms with Gasteiger partial charge in [-0.05, 0) is 6.42 Å². The average molecular weight is 430 g/mol. The molecule has 10 heteroatoms. The first-order valence-electron chi connectivity index (χ1n) is 5.55. The van der Waals surface area contributed by atoms with Gasteiger partial charge in [0.05, 0.1) is 0 Å². The van der Waals surface area contributed by atoms with Gasteiger partial charge in [-0.25, -0.2) is 4.39 Å². The Balaban J connectivity index is 5.45. The molecule has 0 unspecified atom stereocenters. The second-order valence-electron chi connectivity index (χ2n) is 4.31. The van der Waals surface area contributed by atoms with Crippen LogP contribution in [0.15, 0.2) is 0 Å². The van der Waals surface area contributed by atoms with Gasteiger partial charge in [0, 0.05) is 10.3 Å². The van der Waals surface area contributed by atoms with E-state index < -0.39 is 34.3 Å². The summed E-state index contributed by atoms with van der Waals surface area (Å²) in [5.41, 5.74) is -5.63. The monoisotopic (exact) mass is 430 g/mol. The summed E-state index contributed by atoms with van der Waals surface area (Å²) in [6.45, 7) is 1.65. The Morgan fingerprint density at radius 1 is 0.850 bits per heavy atom. The molecule has 0 N–H and O–H groups in total. The van der Waals surface area contributed by atoms with Crippen LogP contribution >= 0.6 is 22.6 Å². The molecule has 0 saturated carbocycles. The molecular weight excluding hydrogens is 418 g/mol. The predicted octanol–water partition coefficient (Wildman–Crippen LogP) is 5.84. The standard InChI is InChI=1S/C10H12F9I/c1-2-3-4-6(20)5-7(11,9(14,15)16)8(12,13)10(17,18)19/h6H,2-5H2,1H3/t6-,7-/m1/s1. The van der Waals surface area contributed by atoms with Crippen LogP contribution in [-0.4, -0.2) is 27.9 Å². The highest BCUT2D eigenvalue weighted by Gasteiger charge is 2.80. The van der Waals surface area contributed by atoms with Gasteiger partial charge in [0.1, 0.15) is 0 Å². The van der Waals surface area contributed by atoms with E-state index in [0.717, 1.165) is 0 Å². The molecule has 0 aliphatic heterocycles. The zero-order valence-electron chi connectivity index (χ0n) is 10.2. The predicted molar refractivity (Wildman–Crippen MR) is 62.8 cm³/mol. The van der Waals surface area contributed by atoms with Crippen molar-refractivity contribution in [2.75, 3.05) is 0 Å². The summed E-state index contributed by atoms with van der Waals surface area (Å²) < 4.78 is 112. The third-order valence-corrected chi connectivity index (χ3v) is 3.74. The van der Waals surface area contributed by atoms with Gasteiger partial charge in [0.2, 0.25) is 0 Å². The number of alkyl halides is 10. The van der Waals surface area contributed by atoms with Crippen molar-refractivity contribution >= 4 is 22.6 Å². The van der Waals surface area contributed by atoms with Crippen molar-refractivity contribution in [3.8, 4) is 0 Å². The second kappa shape index (κ2) is 6.47. The molecule has 2 atom stereocenters. The SMILES string of the molecule is CCCC[C@@H](I)C[C@](F)(C(F)(F)F)C(F)(F)C(F)(F)F. The number of rotatable bonds is 6. The fourth-order valence-electron chi connectivity index (χ4n) is 1.48. The van der Waals surface area contributed by atoms with Crippen LogP contribution in [0.1, 0.15) is 32.6 Å². The highest BCUT2D eigenvalue weighted by molar-refractivity contribution is 14.1. The molecule has 0 amide bonds. The van der Waals surface area contributed by atoms with Crippen LogP contribution in [0.2, 0.25) is 0 Å². The van der Waals surface area contributed by atoms with E-state index in [4.69, 9.17) is 0 Å². The van der Waals surface area contributed by atoms with Crippen molar-refractivity contribution in [3.63, 3.8) is 0 Å². The first-order chi connectivity index (χ1) is 8.70. The average Bonchev–Trinajstić information content (AvgIpc) is 2.22. The van der Waals surface area contributed by atoms with E-state index in [1.807, 2.05) is 0 Å². The molecule has 0 fully saturated rings. The molecule has 0 saturated heterocycles. The summed E-state index contributed by atoms with van der Waals surface area (Å²) in [5, 5.41) is 0. The molecule has 0 aliphatic carbocycles. The van der Waals surface area contributed by atoms with Crippen molar-refractivity contribution < 1.29 is 39.5 Å². The third-order valence-electron chi connectivity index (χ3n) is 2.68. The summed E-state index contributed by atoms with van der Waals surface area (Å²) in [6.07, 6.45) is -14.1. The molecule has 122 valence electrons. The minimum absolute atomic E-state index is 0.0766. The summed E-state index contributed by atoms with van der Waals surface area (Å²) in [6, 6.07) is 0. The molecule has 0 aromatic carbocycles. The van der Waals surface area contributed by atoms with Crippen LogP contribution in [-0.2, 0) is 0 Å². The van der Waals surface area contributed by atoms with Crippen molar-refractivity contribution in [1.82, 2.24) is 0 Å². The molecule has 0 radical (unpaired) electrons. The molecule has 0 aromatic heterocycles. The van der Waals surface area contributed by atoms with Crippen LogP contribution in [0.5, 0.6) is 0 Å². The van der Waals surface area contributed by atoms with Crippen LogP contribution in [0.3, 0.4) is 0 Å². The van der Waals surface area contributed by atoms with Gasteiger partial charge in [0.25, 0.3) is 5.67 Å². The third kappa shape index (κ3) is 4.06. The molecule has 0 heterocycles. The molecular formula is C10H12F9I. The minimum atomic E-state index is -6.61. The molecule has 0 rings (SSSR count). The zero-order chi connectivity index (χ0) is 16.4. The van der Waals surface area contributed by atoms with Crippen LogP contribution in [0.4, 0.5) is 39.5 Å². The topological polar surface area (TPSA) is 0 Å². The lowest BCUT2D eigenvalue weighted by Gasteiger charge is -2.37. The summed E-state index contributed by atoms with van der Waals surface area (Å²) in [5.74, 6) is -6.49. The maximum atomic E-state index is 13.7. The number of hydrogen-bond acceptors (Lipinski definition) is 0. The summed E-state index contributed by atoms with van der Waals surface area (Å²) in [4.78, 5) is 0. The van der Waals surface area contributed by atoms with Crippen LogP contribution < -0.4 is 0 Å². The largest absolute Gasteiger partial charge is 0.457 e. The molecule has 0 spiro atoms. The first-order valence-corrected chi connectivity index (χ1v) is 6.79. The van der Waals surface area contributed by atoms with E-state index in [2.05, 4.69) is 0 Å². The van der Waals surface area contributed by atoms with Gasteiger partial charge in [-0.15, -0.1) is 0 Å². The fraction of sp³-hybridized carbons (Fsp3) is 1.00. The zero-order valence-corrected chi connectivity index (χ0v) is 12.3. The van der Waals surface area contributed by atoms with E-state index in [1.165, 1.54) is 22.6 Å². The lowest BCUT2D eigenvalue weighted by atomic mass is 9.89. The quantitative estimate of drug-likeness (QED) is 0.282. The summed E-state index contributed by atoms with van der Waals surface area (Å²) >= 11 is 1.26. The summed E-state index contributed by atoms with van der Waals surface area (Å²) in [7, 11) is 0. The molecule has 0 aliphatic rings. The van der Waals surface area contributed by atoms with Crippen molar-refractivity contribution in [3.05, 3.63) is 0 Å². The lowest BCUT2D eigenvalue weighted by Crippen LogP contribution is -2.62. The van der Waals surface area contributed by atoms with E-state index in [9.17, 15) is 39.5 Å². The lowest BCUT2D eigenvalue weighted by molar-refractivity contribution is -0.384.